The zero-order chi connectivity index (χ0) is 15.6. The Kier molecular flexibility index (Phi) is 4.19. The van der Waals surface area contributed by atoms with E-state index in [1.807, 2.05) is 23.1 Å². The van der Waals surface area contributed by atoms with Crippen LogP contribution in [0, 0.1) is 11.3 Å². The molecule has 1 saturated heterocycles. The van der Waals surface area contributed by atoms with Crippen molar-refractivity contribution in [3.05, 3.63) is 35.9 Å². The quantitative estimate of drug-likeness (QED) is 0.909. The average Bonchev–Trinajstić information content (AvgIpc) is 2.92. The molecule has 2 aliphatic rings. The Morgan fingerprint density at radius 1 is 1.23 bits per heavy atom. The van der Waals surface area contributed by atoms with Crippen molar-refractivity contribution < 1.29 is 14.7 Å². The molecule has 3 rings (SSSR count). The van der Waals surface area contributed by atoms with Crippen LogP contribution in [-0.2, 0) is 16.0 Å². The predicted octanol–water partition coefficient (Wildman–Crippen LogP) is 2.72. The van der Waals surface area contributed by atoms with Crippen LogP contribution >= 0.6 is 0 Å². The van der Waals surface area contributed by atoms with Gasteiger partial charge < -0.3 is 10.0 Å². The van der Waals surface area contributed by atoms with Crippen LogP contribution in [0.4, 0.5) is 0 Å². The second-order valence-electron chi connectivity index (χ2n) is 6.80. The Bertz CT molecular complexity index is 551. The van der Waals surface area contributed by atoms with Gasteiger partial charge in [0.15, 0.2) is 0 Å². The first-order valence-electron chi connectivity index (χ1n) is 8.14. The van der Waals surface area contributed by atoms with Gasteiger partial charge in [0.05, 0.1) is 5.41 Å². The lowest BCUT2D eigenvalue weighted by Crippen LogP contribution is -2.43. The van der Waals surface area contributed by atoms with Gasteiger partial charge in [0, 0.05) is 19.5 Å². The van der Waals surface area contributed by atoms with Gasteiger partial charge in [0.2, 0.25) is 5.91 Å². The van der Waals surface area contributed by atoms with Gasteiger partial charge >= 0.3 is 5.97 Å². The Labute approximate surface area is 131 Å². The normalized spacial score (nSPS) is 23.1. The Morgan fingerprint density at radius 3 is 2.55 bits per heavy atom. The van der Waals surface area contributed by atoms with E-state index >= 15 is 0 Å². The molecule has 1 N–H and O–H groups in total. The van der Waals surface area contributed by atoms with E-state index in [0.29, 0.717) is 18.8 Å². The van der Waals surface area contributed by atoms with Gasteiger partial charge in [-0.2, -0.15) is 0 Å². The van der Waals surface area contributed by atoms with Crippen LogP contribution in [0.5, 0.6) is 0 Å². The Hall–Kier alpha value is -1.84. The number of amides is 1. The van der Waals surface area contributed by atoms with Crippen molar-refractivity contribution in [3.8, 4) is 0 Å². The predicted molar refractivity (Wildman–Crippen MR) is 83.4 cm³/mol. The van der Waals surface area contributed by atoms with Crippen LogP contribution in [0.2, 0.25) is 0 Å². The molecule has 1 aliphatic heterocycles. The van der Waals surface area contributed by atoms with E-state index in [1.165, 1.54) is 5.56 Å². The summed E-state index contributed by atoms with van der Waals surface area (Å²) in [5.41, 5.74) is 0.539. The molecule has 4 heteroatoms. The Morgan fingerprint density at radius 2 is 1.95 bits per heavy atom. The minimum absolute atomic E-state index is 0.0256. The zero-order valence-electron chi connectivity index (χ0n) is 12.8. The summed E-state index contributed by atoms with van der Waals surface area (Å²) in [4.78, 5) is 25.7. The number of carbonyl (C=O) groups excluding carboxylic acids is 1. The van der Waals surface area contributed by atoms with Crippen LogP contribution in [-0.4, -0.2) is 35.0 Å². The highest BCUT2D eigenvalue weighted by Gasteiger charge is 2.47. The number of benzene rings is 1. The maximum Gasteiger partial charge on any atom is 0.310 e. The van der Waals surface area contributed by atoms with Gasteiger partial charge in [-0.3, -0.25) is 9.59 Å². The second kappa shape index (κ2) is 6.11. The van der Waals surface area contributed by atoms with Crippen LogP contribution < -0.4 is 0 Å². The molecule has 1 unspecified atom stereocenters. The molecule has 0 spiro atoms. The molecule has 0 aromatic heterocycles. The number of carboxylic acid groups (broad SMARTS) is 1. The van der Waals surface area contributed by atoms with Crippen molar-refractivity contribution in [2.75, 3.05) is 13.1 Å². The molecule has 4 nitrogen and oxygen atoms in total. The number of hydrogen-bond donors (Lipinski definition) is 1. The van der Waals surface area contributed by atoms with Gasteiger partial charge in [-0.05, 0) is 37.2 Å². The summed E-state index contributed by atoms with van der Waals surface area (Å²) < 4.78 is 0. The summed E-state index contributed by atoms with van der Waals surface area (Å²) in [5, 5.41) is 9.35. The molecule has 118 valence electrons. The second-order valence-corrected chi connectivity index (χ2v) is 6.80. The highest BCUT2D eigenvalue weighted by atomic mass is 16.4. The maximum atomic E-state index is 12.4. The highest BCUT2D eigenvalue weighted by Crippen LogP contribution is 2.44. The largest absolute Gasteiger partial charge is 0.481 e. The molecule has 1 aromatic carbocycles. The summed E-state index contributed by atoms with van der Waals surface area (Å²) in [6, 6.07) is 10.3. The van der Waals surface area contributed by atoms with Crippen molar-refractivity contribution >= 4 is 11.9 Å². The van der Waals surface area contributed by atoms with E-state index in [0.717, 1.165) is 32.4 Å². The SMILES string of the molecule is O=C(CC1(C(=O)O)CCC1)N1CCC(Cc2ccccc2)C1. The Balaban J connectivity index is 1.54. The first-order chi connectivity index (χ1) is 10.6. The maximum absolute atomic E-state index is 12.4. The summed E-state index contributed by atoms with van der Waals surface area (Å²) in [6.45, 7) is 1.54. The summed E-state index contributed by atoms with van der Waals surface area (Å²) >= 11 is 0. The van der Waals surface area contributed by atoms with Gasteiger partial charge in [-0.25, -0.2) is 0 Å². The van der Waals surface area contributed by atoms with Crippen molar-refractivity contribution in [3.63, 3.8) is 0 Å². The fourth-order valence-electron chi connectivity index (χ4n) is 3.64. The molecular formula is C18H23NO3. The minimum atomic E-state index is -0.799. The third-order valence-electron chi connectivity index (χ3n) is 5.26. The molecule has 1 saturated carbocycles. The number of carbonyl (C=O) groups is 2. The molecule has 0 bridgehead atoms. The lowest BCUT2D eigenvalue weighted by atomic mass is 9.66. The van der Waals surface area contributed by atoms with Gasteiger partial charge in [-0.15, -0.1) is 0 Å². The molecule has 1 aliphatic carbocycles. The van der Waals surface area contributed by atoms with Gasteiger partial charge in [-0.1, -0.05) is 36.8 Å². The molecule has 22 heavy (non-hydrogen) atoms. The monoisotopic (exact) mass is 301 g/mol. The first kappa shape index (κ1) is 15.1. The summed E-state index contributed by atoms with van der Waals surface area (Å²) in [6.07, 6.45) is 4.41. The number of carboxylic acids is 1. The van der Waals surface area contributed by atoms with Crippen molar-refractivity contribution in [1.82, 2.24) is 4.90 Å². The third kappa shape index (κ3) is 3.01. The average molecular weight is 301 g/mol. The van der Waals surface area contributed by atoms with Crippen molar-refractivity contribution in [2.24, 2.45) is 11.3 Å². The van der Waals surface area contributed by atoms with E-state index < -0.39 is 11.4 Å². The smallest absolute Gasteiger partial charge is 0.310 e. The molecule has 1 heterocycles. The topological polar surface area (TPSA) is 57.6 Å². The number of nitrogens with zero attached hydrogens (tertiary/aromatic N) is 1. The highest BCUT2D eigenvalue weighted by molar-refractivity contribution is 5.85. The van der Waals surface area contributed by atoms with E-state index in [1.54, 1.807) is 0 Å². The van der Waals surface area contributed by atoms with E-state index in [2.05, 4.69) is 12.1 Å². The lowest BCUT2D eigenvalue weighted by molar-refractivity contribution is -0.159. The van der Waals surface area contributed by atoms with Crippen LogP contribution in [0.25, 0.3) is 0 Å². The fourth-order valence-corrected chi connectivity index (χ4v) is 3.64. The number of likely N-dealkylation sites (tertiary alicyclic amines) is 1. The third-order valence-corrected chi connectivity index (χ3v) is 5.26. The van der Waals surface area contributed by atoms with E-state index in [-0.39, 0.29) is 12.3 Å². The standard InChI is InChI=1S/C18H23NO3/c20-16(12-18(17(21)22)8-4-9-18)19-10-7-15(13-19)11-14-5-2-1-3-6-14/h1-3,5-6,15H,4,7-13H2,(H,21,22). The summed E-state index contributed by atoms with van der Waals surface area (Å²) in [7, 11) is 0. The van der Waals surface area contributed by atoms with Crippen LogP contribution in [0.1, 0.15) is 37.7 Å². The number of rotatable bonds is 5. The fraction of sp³-hybridized carbons (Fsp3) is 0.556. The lowest BCUT2D eigenvalue weighted by Gasteiger charge is -2.38. The van der Waals surface area contributed by atoms with E-state index in [4.69, 9.17) is 0 Å². The molecular weight excluding hydrogens is 278 g/mol. The number of hydrogen-bond acceptors (Lipinski definition) is 2. The van der Waals surface area contributed by atoms with Gasteiger partial charge in [0.25, 0.3) is 0 Å². The molecule has 0 radical (unpaired) electrons. The molecule has 1 atom stereocenters. The van der Waals surface area contributed by atoms with E-state index in [9.17, 15) is 14.7 Å². The minimum Gasteiger partial charge on any atom is -0.481 e. The molecule has 1 amide bonds. The van der Waals surface area contributed by atoms with Crippen LogP contribution in [0.3, 0.4) is 0 Å². The number of aliphatic carboxylic acids is 1. The first-order valence-corrected chi connectivity index (χ1v) is 8.14. The summed E-state index contributed by atoms with van der Waals surface area (Å²) in [5.74, 6) is -0.279. The van der Waals surface area contributed by atoms with Crippen molar-refractivity contribution in [2.45, 2.75) is 38.5 Å². The van der Waals surface area contributed by atoms with Crippen LogP contribution in [0.15, 0.2) is 30.3 Å². The molecule has 1 aromatic rings. The molecule has 2 fully saturated rings. The van der Waals surface area contributed by atoms with Gasteiger partial charge in [0.1, 0.15) is 0 Å². The van der Waals surface area contributed by atoms with Crippen molar-refractivity contribution in [1.29, 1.82) is 0 Å². The zero-order valence-corrected chi connectivity index (χ0v) is 12.8.